The van der Waals surface area contributed by atoms with Gasteiger partial charge in [0.1, 0.15) is 5.69 Å². The molecule has 2 aliphatic heterocycles. The van der Waals surface area contributed by atoms with Gasteiger partial charge in [0.25, 0.3) is 5.91 Å². The van der Waals surface area contributed by atoms with E-state index in [4.69, 9.17) is 14.6 Å². The zero-order valence-electron chi connectivity index (χ0n) is 18.6. The molecule has 1 aromatic rings. The zero-order valence-corrected chi connectivity index (χ0v) is 18.6. The highest BCUT2D eigenvalue weighted by Crippen LogP contribution is 2.45. The molecule has 0 aromatic carbocycles. The van der Waals surface area contributed by atoms with Crippen molar-refractivity contribution in [3.8, 4) is 0 Å². The summed E-state index contributed by atoms with van der Waals surface area (Å²) >= 11 is 0. The number of halogens is 3. The lowest BCUT2D eigenvalue weighted by Crippen LogP contribution is -2.48. The van der Waals surface area contributed by atoms with Gasteiger partial charge in [0.2, 0.25) is 0 Å². The highest BCUT2D eigenvalue weighted by Gasteiger charge is 2.48. The predicted molar refractivity (Wildman–Crippen MR) is 111 cm³/mol. The molecule has 1 saturated carbocycles. The van der Waals surface area contributed by atoms with E-state index < -0.39 is 12.1 Å². The van der Waals surface area contributed by atoms with Crippen molar-refractivity contribution in [1.29, 1.82) is 0 Å². The number of aliphatic carboxylic acids is 1. The van der Waals surface area contributed by atoms with Crippen LogP contribution in [0.3, 0.4) is 0 Å². The van der Waals surface area contributed by atoms with Gasteiger partial charge in [0.05, 0.1) is 12.6 Å². The van der Waals surface area contributed by atoms with E-state index in [1.807, 2.05) is 29.9 Å². The molecule has 3 aliphatic rings. The second-order valence-corrected chi connectivity index (χ2v) is 9.17. The molecule has 1 N–H and O–H groups in total. The fraction of sp³-hybridized carbons (Fsp3) is 0.727. The molecule has 1 spiro atoms. The lowest BCUT2D eigenvalue weighted by atomic mass is 9.75. The van der Waals surface area contributed by atoms with Crippen molar-refractivity contribution in [2.75, 3.05) is 33.4 Å². The van der Waals surface area contributed by atoms with Crippen LogP contribution >= 0.6 is 0 Å². The summed E-state index contributed by atoms with van der Waals surface area (Å²) in [5, 5.41) is 7.12. The molecular weight excluding hydrogens is 427 g/mol. The average Bonchev–Trinajstić information content (AvgIpc) is 3.26. The Bertz CT molecular complexity index is 799. The van der Waals surface area contributed by atoms with Gasteiger partial charge in [-0.15, -0.1) is 0 Å². The molecule has 3 heterocycles. The maximum Gasteiger partial charge on any atom is 0.490 e. The first kappa shape index (κ1) is 24.6. The van der Waals surface area contributed by atoms with Crippen LogP contribution in [0.25, 0.3) is 0 Å². The molecule has 1 aliphatic carbocycles. The third-order valence-corrected chi connectivity index (χ3v) is 7.09. The SMILES string of the molecule is COCC1CC2(CCN(C3CCC3)CC2)CN1C(=O)c1cccn1C.O=C(O)C(F)(F)F. The van der Waals surface area contributed by atoms with Crippen molar-refractivity contribution in [3.63, 3.8) is 0 Å². The van der Waals surface area contributed by atoms with E-state index in [0.29, 0.717) is 12.0 Å². The van der Waals surface area contributed by atoms with E-state index in [1.165, 1.54) is 45.2 Å². The van der Waals surface area contributed by atoms with E-state index in [-0.39, 0.29) is 11.9 Å². The summed E-state index contributed by atoms with van der Waals surface area (Å²) in [5.74, 6) is -2.60. The first-order valence-corrected chi connectivity index (χ1v) is 11.0. The largest absolute Gasteiger partial charge is 0.490 e. The van der Waals surface area contributed by atoms with E-state index in [2.05, 4.69) is 9.80 Å². The van der Waals surface area contributed by atoms with Crippen LogP contribution in [0.4, 0.5) is 13.2 Å². The second-order valence-electron chi connectivity index (χ2n) is 9.17. The lowest BCUT2D eigenvalue weighted by Gasteiger charge is -2.45. The number of hydrogen-bond donors (Lipinski definition) is 1. The van der Waals surface area contributed by atoms with Crippen LogP contribution in [0.15, 0.2) is 18.3 Å². The third kappa shape index (κ3) is 5.46. The summed E-state index contributed by atoms with van der Waals surface area (Å²) in [4.78, 5) is 26.8. The summed E-state index contributed by atoms with van der Waals surface area (Å²) in [7, 11) is 3.69. The summed E-state index contributed by atoms with van der Waals surface area (Å²) < 4.78 is 39.1. The Labute approximate surface area is 186 Å². The Morgan fingerprint density at radius 3 is 2.31 bits per heavy atom. The molecule has 3 fully saturated rings. The predicted octanol–water partition coefficient (Wildman–Crippen LogP) is 3.15. The number of aromatic nitrogens is 1. The van der Waals surface area contributed by atoms with Gasteiger partial charge < -0.3 is 24.2 Å². The van der Waals surface area contributed by atoms with Gasteiger partial charge in [-0.3, -0.25) is 4.79 Å². The van der Waals surface area contributed by atoms with Crippen LogP contribution in [0.5, 0.6) is 0 Å². The van der Waals surface area contributed by atoms with Crippen LogP contribution in [0.1, 0.15) is 49.0 Å². The number of piperidine rings is 1. The Hall–Kier alpha value is -2.07. The van der Waals surface area contributed by atoms with E-state index in [9.17, 15) is 18.0 Å². The number of ether oxygens (including phenoxy) is 1. The van der Waals surface area contributed by atoms with Crippen LogP contribution in [-0.2, 0) is 16.6 Å². The van der Waals surface area contributed by atoms with Gasteiger partial charge in [0, 0.05) is 32.9 Å². The molecular formula is C22H32F3N3O4. The molecule has 1 amide bonds. The Kier molecular flexibility index (Phi) is 7.54. The Morgan fingerprint density at radius 2 is 1.88 bits per heavy atom. The number of methoxy groups -OCH3 is 1. The van der Waals surface area contributed by atoms with Crippen LogP contribution in [0, 0.1) is 5.41 Å². The second kappa shape index (κ2) is 9.82. The minimum absolute atomic E-state index is 0.160. The number of nitrogens with zero attached hydrogens (tertiary/aromatic N) is 3. The van der Waals surface area contributed by atoms with E-state index in [0.717, 1.165) is 24.7 Å². The van der Waals surface area contributed by atoms with Gasteiger partial charge in [-0.2, -0.15) is 13.2 Å². The molecule has 0 bridgehead atoms. The number of carboxylic acids is 1. The number of hydrogen-bond acceptors (Lipinski definition) is 4. The van der Waals surface area contributed by atoms with Crippen molar-refractivity contribution >= 4 is 11.9 Å². The van der Waals surface area contributed by atoms with Crippen LogP contribution in [-0.4, -0.2) is 83.0 Å². The quantitative estimate of drug-likeness (QED) is 0.749. The molecule has 4 rings (SSSR count). The number of carbonyl (C=O) groups is 2. The zero-order chi connectivity index (χ0) is 23.5. The van der Waals surface area contributed by atoms with E-state index in [1.54, 1.807) is 7.11 Å². The minimum atomic E-state index is -5.08. The summed E-state index contributed by atoms with van der Waals surface area (Å²) in [6, 6.07) is 4.93. The average molecular weight is 460 g/mol. The van der Waals surface area contributed by atoms with Crippen LogP contribution < -0.4 is 0 Å². The molecule has 2 saturated heterocycles. The molecule has 10 heteroatoms. The molecule has 180 valence electrons. The number of aryl methyl sites for hydroxylation is 1. The topological polar surface area (TPSA) is 75.0 Å². The monoisotopic (exact) mass is 459 g/mol. The van der Waals surface area contributed by atoms with Gasteiger partial charge in [-0.25, -0.2) is 4.79 Å². The molecule has 1 atom stereocenters. The van der Waals surface area contributed by atoms with Crippen molar-refractivity contribution in [2.24, 2.45) is 12.5 Å². The standard InChI is InChI=1S/C20H31N3O2.C2HF3O2/c1-21-10-4-7-18(21)19(24)23-15-20(13-17(23)14-25-2)8-11-22(12-9-20)16-5-3-6-16;3-2(4,5)1(6)7/h4,7,10,16-17H,3,5-6,8-9,11-15H2,1-2H3;(H,6,7). The van der Waals surface area contributed by atoms with Gasteiger partial charge in [-0.1, -0.05) is 6.42 Å². The van der Waals surface area contributed by atoms with Gasteiger partial charge in [0.15, 0.2) is 0 Å². The van der Waals surface area contributed by atoms with Crippen molar-refractivity contribution < 1.29 is 32.6 Å². The fourth-order valence-electron chi connectivity index (χ4n) is 5.05. The minimum Gasteiger partial charge on any atom is -0.475 e. The number of amides is 1. The summed E-state index contributed by atoms with van der Waals surface area (Å²) in [6.07, 6.45) is 4.58. The van der Waals surface area contributed by atoms with Gasteiger partial charge in [-0.05, 0) is 62.7 Å². The highest BCUT2D eigenvalue weighted by molar-refractivity contribution is 5.93. The van der Waals surface area contributed by atoms with Crippen molar-refractivity contribution in [1.82, 2.24) is 14.4 Å². The molecule has 7 nitrogen and oxygen atoms in total. The summed E-state index contributed by atoms with van der Waals surface area (Å²) in [5.41, 5.74) is 1.08. The number of rotatable bonds is 4. The normalized spacial score (nSPS) is 23.5. The molecule has 32 heavy (non-hydrogen) atoms. The molecule has 1 aromatic heterocycles. The summed E-state index contributed by atoms with van der Waals surface area (Å²) in [6.45, 7) is 3.95. The Balaban J connectivity index is 0.000000360. The molecule has 0 radical (unpaired) electrons. The Morgan fingerprint density at radius 1 is 1.25 bits per heavy atom. The lowest BCUT2D eigenvalue weighted by molar-refractivity contribution is -0.192. The first-order chi connectivity index (χ1) is 15.1. The van der Waals surface area contributed by atoms with Gasteiger partial charge >= 0.3 is 12.1 Å². The van der Waals surface area contributed by atoms with Crippen molar-refractivity contribution in [2.45, 2.75) is 56.8 Å². The maximum atomic E-state index is 13.1. The maximum absolute atomic E-state index is 13.1. The highest BCUT2D eigenvalue weighted by atomic mass is 19.4. The smallest absolute Gasteiger partial charge is 0.475 e. The molecule has 1 unspecified atom stereocenters. The number of carboxylic acid groups (broad SMARTS) is 1. The van der Waals surface area contributed by atoms with Crippen molar-refractivity contribution in [3.05, 3.63) is 24.0 Å². The number of alkyl halides is 3. The third-order valence-electron chi connectivity index (χ3n) is 7.09. The number of likely N-dealkylation sites (tertiary alicyclic amines) is 2. The fourth-order valence-corrected chi connectivity index (χ4v) is 5.05. The first-order valence-electron chi connectivity index (χ1n) is 11.0. The van der Waals surface area contributed by atoms with E-state index >= 15 is 0 Å². The van der Waals surface area contributed by atoms with Crippen LogP contribution in [0.2, 0.25) is 0 Å². The number of carbonyl (C=O) groups excluding carboxylic acids is 1.